The largest absolute Gasteiger partial charge is 0.450 e. The lowest BCUT2D eigenvalue weighted by Crippen LogP contribution is -2.35. The first-order valence-electron chi connectivity index (χ1n) is 8.59. The zero-order valence-corrected chi connectivity index (χ0v) is 15.9. The van der Waals surface area contributed by atoms with E-state index in [-0.39, 0.29) is 18.7 Å². The van der Waals surface area contributed by atoms with Gasteiger partial charge in [0.05, 0.1) is 12.5 Å². The van der Waals surface area contributed by atoms with E-state index in [9.17, 15) is 9.59 Å². The first-order chi connectivity index (χ1) is 13.5. The number of ether oxygens (including phenoxy) is 1. The standard InChI is InChI=1S/C21H17ClN2O4/c1-14-11-16(7-8-17(14)22)24(10-4-9-23)20(25)13-27-21(26)19-12-15-5-2-3-6-18(15)28-19/h2-3,5-8,11-12H,4,10,13H2,1H3. The third-order valence-corrected chi connectivity index (χ3v) is 4.58. The van der Waals surface area contributed by atoms with Gasteiger partial charge in [0.2, 0.25) is 5.76 Å². The molecule has 1 aromatic heterocycles. The Balaban J connectivity index is 1.71. The van der Waals surface area contributed by atoms with Gasteiger partial charge in [-0.05, 0) is 42.8 Å². The summed E-state index contributed by atoms with van der Waals surface area (Å²) in [6.45, 7) is 1.53. The molecule has 0 unspecified atom stereocenters. The summed E-state index contributed by atoms with van der Waals surface area (Å²) in [5.74, 6) is -1.14. The number of carbonyl (C=O) groups excluding carboxylic acids is 2. The van der Waals surface area contributed by atoms with Gasteiger partial charge in [-0.25, -0.2) is 4.79 Å². The van der Waals surface area contributed by atoms with Crippen molar-refractivity contribution in [3.05, 3.63) is 64.9 Å². The molecule has 1 heterocycles. The molecule has 7 heteroatoms. The fourth-order valence-electron chi connectivity index (χ4n) is 2.72. The molecule has 0 aliphatic rings. The van der Waals surface area contributed by atoms with E-state index in [4.69, 9.17) is 26.0 Å². The Morgan fingerprint density at radius 1 is 1.21 bits per heavy atom. The second-order valence-electron chi connectivity index (χ2n) is 6.11. The van der Waals surface area contributed by atoms with Crippen molar-refractivity contribution in [2.45, 2.75) is 13.3 Å². The van der Waals surface area contributed by atoms with E-state index in [1.165, 1.54) is 4.90 Å². The molecule has 2 aromatic carbocycles. The summed E-state index contributed by atoms with van der Waals surface area (Å²) in [7, 11) is 0. The van der Waals surface area contributed by atoms with Crippen LogP contribution in [0.3, 0.4) is 0 Å². The number of hydrogen-bond acceptors (Lipinski definition) is 5. The van der Waals surface area contributed by atoms with E-state index < -0.39 is 18.5 Å². The zero-order valence-electron chi connectivity index (χ0n) is 15.1. The third kappa shape index (κ3) is 4.33. The van der Waals surface area contributed by atoms with E-state index in [2.05, 4.69) is 0 Å². The third-order valence-electron chi connectivity index (χ3n) is 4.15. The maximum atomic E-state index is 12.6. The van der Waals surface area contributed by atoms with E-state index in [0.29, 0.717) is 16.3 Å². The molecule has 0 radical (unpaired) electrons. The van der Waals surface area contributed by atoms with Gasteiger partial charge in [-0.2, -0.15) is 5.26 Å². The topological polar surface area (TPSA) is 83.5 Å². The lowest BCUT2D eigenvalue weighted by Gasteiger charge is -2.22. The predicted molar refractivity (Wildman–Crippen MR) is 105 cm³/mol. The molecule has 0 saturated carbocycles. The number of aryl methyl sites for hydroxylation is 1. The number of carbonyl (C=O) groups is 2. The Labute approximate surface area is 166 Å². The molecular weight excluding hydrogens is 380 g/mol. The Hall–Kier alpha value is -3.30. The fraction of sp³-hybridized carbons (Fsp3) is 0.190. The number of anilines is 1. The quantitative estimate of drug-likeness (QED) is 0.573. The number of esters is 1. The molecule has 0 aliphatic heterocycles. The predicted octanol–water partition coefficient (Wildman–Crippen LogP) is 4.50. The van der Waals surface area contributed by atoms with Crippen LogP contribution in [-0.2, 0) is 9.53 Å². The Morgan fingerprint density at radius 3 is 2.71 bits per heavy atom. The van der Waals surface area contributed by atoms with Crippen LogP contribution in [0.2, 0.25) is 5.02 Å². The molecular formula is C21H17ClN2O4. The number of para-hydroxylation sites is 1. The summed E-state index contributed by atoms with van der Waals surface area (Å²) >= 11 is 6.04. The van der Waals surface area contributed by atoms with Crippen LogP contribution in [0.1, 0.15) is 22.5 Å². The molecule has 0 saturated heterocycles. The molecule has 0 spiro atoms. The van der Waals surface area contributed by atoms with Crippen molar-refractivity contribution in [1.29, 1.82) is 5.26 Å². The monoisotopic (exact) mass is 396 g/mol. The van der Waals surface area contributed by atoms with Gasteiger partial charge >= 0.3 is 5.97 Å². The van der Waals surface area contributed by atoms with Gasteiger partial charge in [0.15, 0.2) is 6.61 Å². The summed E-state index contributed by atoms with van der Waals surface area (Å²) in [4.78, 5) is 26.3. The van der Waals surface area contributed by atoms with Gasteiger partial charge in [0.1, 0.15) is 5.58 Å². The Kier molecular flexibility index (Phi) is 5.97. The maximum absolute atomic E-state index is 12.6. The maximum Gasteiger partial charge on any atom is 0.374 e. The molecule has 142 valence electrons. The Morgan fingerprint density at radius 2 is 2.00 bits per heavy atom. The summed E-state index contributed by atoms with van der Waals surface area (Å²) < 4.78 is 10.6. The number of nitriles is 1. The molecule has 3 rings (SSSR count). The summed E-state index contributed by atoms with van der Waals surface area (Å²) in [5.41, 5.74) is 1.95. The molecule has 0 N–H and O–H groups in total. The normalized spacial score (nSPS) is 10.5. The van der Waals surface area contributed by atoms with E-state index in [1.807, 2.05) is 25.1 Å². The van der Waals surface area contributed by atoms with Crippen LogP contribution in [0.5, 0.6) is 0 Å². The Bertz CT molecular complexity index is 1030. The molecule has 0 fully saturated rings. The van der Waals surface area contributed by atoms with Crippen molar-refractivity contribution >= 4 is 40.1 Å². The van der Waals surface area contributed by atoms with Gasteiger partial charge < -0.3 is 14.1 Å². The minimum absolute atomic E-state index is 0.0277. The highest BCUT2D eigenvalue weighted by Crippen LogP contribution is 2.23. The number of rotatable bonds is 6. The van der Waals surface area contributed by atoms with Gasteiger partial charge in [0, 0.05) is 22.6 Å². The molecule has 3 aromatic rings. The first kappa shape index (κ1) is 19.5. The number of benzene rings is 2. The van der Waals surface area contributed by atoms with Crippen molar-refractivity contribution in [3.8, 4) is 6.07 Å². The highest BCUT2D eigenvalue weighted by atomic mass is 35.5. The van der Waals surface area contributed by atoms with Crippen molar-refractivity contribution in [2.75, 3.05) is 18.1 Å². The number of nitrogens with zero attached hydrogens (tertiary/aromatic N) is 2. The summed E-state index contributed by atoms with van der Waals surface area (Å²) in [5, 5.41) is 10.2. The average molecular weight is 397 g/mol. The van der Waals surface area contributed by atoms with Gasteiger partial charge in [-0.1, -0.05) is 29.8 Å². The molecule has 28 heavy (non-hydrogen) atoms. The van der Waals surface area contributed by atoms with Crippen LogP contribution in [0.4, 0.5) is 5.69 Å². The van der Waals surface area contributed by atoms with Crippen molar-refractivity contribution in [1.82, 2.24) is 0 Å². The van der Waals surface area contributed by atoms with Crippen LogP contribution < -0.4 is 4.90 Å². The van der Waals surface area contributed by atoms with Crippen LogP contribution in [0, 0.1) is 18.3 Å². The second kappa shape index (κ2) is 8.59. The lowest BCUT2D eigenvalue weighted by molar-refractivity contribution is -0.121. The molecule has 0 bridgehead atoms. The highest BCUT2D eigenvalue weighted by molar-refractivity contribution is 6.31. The number of fused-ring (bicyclic) bond motifs is 1. The van der Waals surface area contributed by atoms with Crippen LogP contribution in [0.25, 0.3) is 11.0 Å². The molecule has 0 atom stereocenters. The van der Waals surface area contributed by atoms with Crippen molar-refractivity contribution in [3.63, 3.8) is 0 Å². The first-order valence-corrected chi connectivity index (χ1v) is 8.96. The van der Waals surface area contributed by atoms with E-state index >= 15 is 0 Å². The lowest BCUT2D eigenvalue weighted by atomic mass is 10.2. The molecule has 0 aliphatic carbocycles. The van der Waals surface area contributed by atoms with Crippen LogP contribution in [-0.4, -0.2) is 25.0 Å². The summed E-state index contributed by atoms with van der Waals surface area (Å²) in [6.07, 6.45) is 0.144. The number of hydrogen-bond donors (Lipinski definition) is 0. The fourth-order valence-corrected chi connectivity index (χ4v) is 2.83. The smallest absolute Gasteiger partial charge is 0.374 e. The second-order valence-corrected chi connectivity index (χ2v) is 6.52. The van der Waals surface area contributed by atoms with Crippen LogP contribution >= 0.6 is 11.6 Å². The van der Waals surface area contributed by atoms with E-state index in [1.54, 1.807) is 36.4 Å². The van der Waals surface area contributed by atoms with Crippen molar-refractivity contribution in [2.24, 2.45) is 0 Å². The molecule has 1 amide bonds. The van der Waals surface area contributed by atoms with Crippen molar-refractivity contribution < 1.29 is 18.7 Å². The van der Waals surface area contributed by atoms with Crippen LogP contribution in [0.15, 0.2) is 52.9 Å². The number of halogens is 1. The number of amides is 1. The minimum atomic E-state index is -0.725. The number of furan rings is 1. The average Bonchev–Trinajstić information content (AvgIpc) is 3.13. The zero-order chi connectivity index (χ0) is 20.1. The SMILES string of the molecule is Cc1cc(N(CCC#N)C(=O)COC(=O)c2cc3ccccc3o2)ccc1Cl. The van der Waals surface area contributed by atoms with E-state index in [0.717, 1.165) is 10.9 Å². The van der Waals surface area contributed by atoms with Gasteiger partial charge in [0.25, 0.3) is 5.91 Å². The summed E-state index contributed by atoms with van der Waals surface area (Å²) in [6, 6.07) is 15.9. The molecule has 6 nitrogen and oxygen atoms in total. The van der Waals surface area contributed by atoms with Gasteiger partial charge in [-0.15, -0.1) is 0 Å². The highest BCUT2D eigenvalue weighted by Gasteiger charge is 2.20. The van der Waals surface area contributed by atoms with Gasteiger partial charge in [-0.3, -0.25) is 4.79 Å². The minimum Gasteiger partial charge on any atom is -0.450 e.